The summed E-state index contributed by atoms with van der Waals surface area (Å²) in [6, 6.07) is 16.9. The number of rotatable bonds is 9. The zero-order chi connectivity index (χ0) is 19.9. The first-order valence-corrected chi connectivity index (χ1v) is 9.47. The molecule has 1 aliphatic rings. The van der Waals surface area contributed by atoms with E-state index in [4.69, 9.17) is 9.47 Å². The van der Waals surface area contributed by atoms with Gasteiger partial charge in [-0.05, 0) is 37.1 Å². The highest BCUT2D eigenvalue weighted by Crippen LogP contribution is 2.29. The number of carbonyl (C=O) groups excluding carboxylic acids is 2. The van der Waals surface area contributed by atoms with Gasteiger partial charge in [-0.3, -0.25) is 9.59 Å². The Kier molecular flexibility index (Phi) is 6.53. The van der Waals surface area contributed by atoms with E-state index < -0.39 is 0 Å². The van der Waals surface area contributed by atoms with Crippen molar-refractivity contribution in [2.75, 3.05) is 32.2 Å². The van der Waals surface area contributed by atoms with Crippen molar-refractivity contribution in [2.24, 2.45) is 0 Å². The SMILES string of the molecule is COc1ccccc1OCC(=O)N(CCC(=O)N(C)c1ccccc1)C1CC1. The van der Waals surface area contributed by atoms with Crippen LogP contribution in [-0.2, 0) is 9.59 Å². The first kappa shape index (κ1) is 19.7. The molecular weight excluding hydrogens is 356 g/mol. The normalized spacial score (nSPS) is 12.9. The Labute approximate surface area is 165 Å². The van der Waals surface area contributed by atoms with Gasteiger partial charge in [0.25, 0.3) is 5.91 Å². The molecule has 0 N–H and O–H groups in total. The first-order valence-electron chi connectivity index (χ1n) is 9.47. The summed E-state index contributed by atoms with van der Waals surface area (Å²) in [5, 5.41) is 0. The lowest BCUT2D eigenvalue weighted by Crippen LogP contribution is -2.39. The third-order valence-corrected chi connectivity index (χ3v) is 4.81. The molecule has 0 radical (unpaired) electrons. The third-order valence-electron chi connectivity index (χ3n) is 4.81. The summed E-state index contributed by atoms with van der Waals surface area (Å²) >= 11 is 0. The van der Waals surface area contributed by atoms with E-state index in [9.17, 15) is 9.59 Å². The number of benzene rings is 2. The van der Waals surface area contributed by atoms with E-state index in [-0.39, 0.29) is 30.9 Å². The summed E-state index contributed by atoms with van der Waals surface area (Å²) in [6.45, 7) is 0.328. The molecule has 0 aromatic heterocycles. The van der Waals surface area contributed by atoms with Gasteiger partial charge in [0.05, 0.1) is 7.11 Å². The standard InChI is InChI=1S/C22H26N2O4/c1-23(17-8-4-3-5-9-17)21(25)14-15-24(18-12-13-18)22(26)16-28-20-11-7-6-10-19(20)27-2/h3-11,18H,12-16H2,1-2H3. The zero-order valence-corrected chi connectivity index (χ0v) is 16.3. The number of methoxy groups -OCH3 is 1. The summed E-state index contributed by atoms with van der Waals surface area (Å²) < 4.78 is 10.9. The van der Waals surface area contributed by atoms with Crippen molar-refractivity contribution in [2.45, 2.75) is 25.3 Å². The van der Waals surface area contributed by atoms with Crippen molar-refractivity contribution >= 4 is 17.5 Å². The summed E-state index contributed by atoms with van der Waals surface area (Å²) in [6.07, 6.45) is 2.23. The number of carbonyl (C=O) groups is 2. The fraction of sp³-hybridized carbons (Fsp3) is 0.364. The molecule has 2 aromatic carbocycles. The van der Waals surface area contributed by atoms with Crippen LogP contribution in [0.2, 0.25) is 0 Å². The van der Waals surface area contributed by atoms with Crippen molar-refractivity contribution in [3.8, 4) is 11.5 Å². The van der Waals surface area contributed by atoms with Crippen LogP contribution in [0.5, 0.6) is 11.5 Å². The van der Waals surface area contributed by atoms with Gasteiger partial charge in [0.2, 0.25) is 5.91 Å². The van der Waals surface area contributed by atoms with Crippen LogP contribution in [0.1, 0.15) is 19.3 Å². The van der Waals surface area contributed by atoms with Gasteiger partial charge in [0.15, 0.2) is 18.1 Å². The average molecular weight is 382 g/mol. The van der Waals surface area contributed by atoms with E-state index in [0.29, 0.717) is 18.0 Å². The monoisotopic (exact) mass is 382 g/mol. The van der Waals surface area contributed by atoms with Gasteiger partial charge >= 0.3 is 0 Å². The maximum absolute atomic E-state index is 12.7. The summed E-state index contributed by atoms with van der Waals surface area (Å²) in [7, 11) is 3.32. The molecule has 0 heterocycles. The molecule has 0 spiro atoms. The molecule has 0 unspecified atom stereocenters. The minimum Gasteiger partial charge on any atom is -0.493 e. The van der Waals surface area contributed by atoms with E-state index >= 15 is 0 Å². The van der Waals surface area contributed by atoms with E-state index in [1.807, 2.05) is 42.5 Å². The summed E-state index contributed by atoms with van der Waals surface area (Å²) in [4.78, 5) is 28.6. The van der Waals surface area contributed by atoms with Crippen LogP contribution in [0, 0.1) is 0 Å². The molecule has 0 saturated heterocycles. The highest BCUT2D eigenvalue weighted by Gasteiger charge is 2.33. The lowest BCUT2D eigenvalue weighted by Gasteiger charge is -2.24. The van der Waals surface area contributed by atoms with Gasteiger partial charge in [-0.15, -0.1) is 0 Å². The Morgan fingerprint density at radius 2 is 1.61 bits per heavy atom. The first-order chi connectivity index (χ1) is 13.6. The van der Waals surface area contributed by atoms with Crippen LogP contribution in [0.3, 0.4) is 0 Å². The fourth-order valence-corrected chi connectivity index (χ4v) is 3.04. The molecule has 148 valence electrons. The topological polar surface area (TPSA) is 59.1 Å². The molecule has 0 atom stereocenters. The average Bonchev–Trinajstić information content (AvgIpc) is 3.57. The van der Waals surface area contributed by atoms with Gasteiger partial charge in [0, 0.05) is 31.7 Å². The minimum absolute atomic E-state index is 0.0182. The van der Waals surface area contributed by atoms with Crippen LogP contribution < -0.4 is 14.4 Å². The zero-order valence-electron chi connectivity index (χ0n) is 16.3. The molecular formula is C22H26N2O4. The molecule has 6 nitrogen and oxygen atoms in total. The van der Waals surface area contributed by atoms with Crippen LogP contribution in [-0.4, -0.2) is 50.1 Å². The molecule has 1 saturated carbocycles. The largest absolute Gasteiger partial charge is 0.493 e. The Balaban J connectivity index is 1.54. The predicted octanol–water partition coefficient (Wildman–Crippen LogP) is 3.12. The van der Waals surface area contributed by atoms with Crippen molar-refractivity contribution in [3.05, 3.63) is 54.6 Å². The molecule has 0 bridgehead atoms. The van der Waals surface area contributed by atoms with Crippen molar-refractivity contribution in [1.29, 1.82) is 0 Å². The van der Waals surface area contributed by atoms with Crippen LogP contribution >= 0.6 is 0 Å². The van der Waals surface area contributed by atoms with Gasteiger partial charge in [-0.2, -0.15) is 0 Å². The predicted molar refractivity (Wildman–Crippen MR) is 108 cm³/mol. The van der Waals surface area contributed by atoms with Gasteiger partial charge in [-0.1, -0.05) is 30.3 Å². The number of anilines is 1. The van der Waals surface area contributed by atoms with E-state index in [2.05, 4.69) is 0 Å². The Bertz CT molecular complexity index is 805. The second kappa shape index (κ2) is 9.26. The number of ether oxygens (including phenoxy) is 2. The highest BCUT2D eigenvalue weighted by molar-refractivity contribution is 5.93. The van der Waals surface area contributed by atoms with Gasteiger partial charge in [-0.25, -0.2) is 0 Å². The maximum Gasteiger partial charge on any atom is 0.260 e. The van der Waals surface area contributed by atoms with E-state index in [0.717, 1.165) is 18.5 Å². The van der Waals surface area contributed by atoms with E-state index in [1.54, 1.807) is 36.1 Å². The Morgan fingerprint density at radius 3 is 2.25 bits per heavy atom. The highest BCUT2D eigenvalue weighted by atomic mass is 16.5. The second-order valence-corrected chi connectivity index (χ2v) is 6.80. The Morgan fingerprint density at radius 1 is 0.964 bits per heavy atom. The van der Waals surface area contributed by atoms with Crippen molar-refractivity contribution < 1.29 is 19.1 Å². The number of hydrogen-bond acceptors (Lipinski definition) is 4. The summed E-state index contributed by atoms with van der Waals surface area (Å²) in [5.41, 5.74) is 0.844. The molecule has 3 rings (SSSR count). The molecule has 0 aliphatic heterocycles. The van der Waals surface area contributed by atoms with Crippen LogP contribution in [0.25, 0.3) is 0 Å². The van der Waals surface area contributed by atoms with E-state index in [1.165, 1.54) is 0 Å². The van der Waals surface area contributed by atoms with Crippen LogP contribution in [0.4, 0.5) is 5.69 Å². The van der Waals surface area contributed by atoms with Crippen molar-refractivity contribution in [3.63, 3.8) is 0 Å². The molecule has 28 heavy (non-hydrogen) atoms. The smallest absolute Gasteiger partial charge is 0.260 e. The quantitative estimate of drug-likeness (QED) is 0.669. The lowest BCUT2D eigenvalue weighted by molar-refractivity contribution is -0.134. The fourth-order valence-electron chi connectivity index (χ4n) is 3.04. The Hall–Kier alpha value is -3.02. The van der Waals surface area contributed by atoms with Gasteiger partial charge < -0.3 is 19.3 Å². The second-order valence-electron chi connectivity index (χ2n) is 6.80. The molecule has 1 fully saturated rings. The third kappa shape index (κ3) is 5.03. The number of hydrogen-bond donors (Lipinski definition) is 0. The molecule has 6 heteroatoms. The number of para-hydroxylation sites is 3. The molecule has 2 amide bonds. The number of amides is 2. The molecule has 1 aliphatic carbocycles. The van der Waals surface area contributed by atoms with Crippen LogP contribution in [0.15, 0.2) is 54.6 Å². The summed E-state index contributed by atoms with van der Waals surface area (Å²) in [5.74, 6) is 1.00. The minimum atomic E-state index is -0.108. The maximum atomic E-state index is 12.7. The lowest BCUT2D eigenvalue weighted by atomic mass is 10.2. The van der Waals surface area contributed by atoms with Gasteiger partial charge in [0.1, 0.15) is 0 Å². The van der Waals surface area contributed by atoms with Crippen molar-refractivity contribution in [1.82, 2.24) is 4.90 Å². The number of nitrogens with zero attached hydrogens (tertiary/aromatic N) is 2. The molecule has 2 aromatic rings.